The number of piperidine rings is 1. The van der Waals surface area contributed by atoms with Gasteiger partial charge in [0.05, 0.1) is 10.6 Å². The summed E-state index contributed by atoms with van der Waals surface area (Å²) in [6.07, 6.45) is 2.34. The molecule has 0 spiro atoms. The van der Waals surface area contributed by atoms with Gasteiger partial charge in [-0.3, -0.25) is 0 Å². The number of aromatic carboxylic acids is 1. The van der Waals surface area contributed by atoms with Crippen LogP contribution in [0.25, 0.3) is 0 Å². The van der Waals surface area contributed by atoms with Crippen LogP contribution in [0.3, 0.4) is 0 Å². The third-order valence-electron chi connectivity index (χ3n) is 4.06. The molecule has 1 aliphatic heterocycles. The van der Waals surface area contributed by atoms with Crippen LogP contribution in [0.2, 0.25) is 5.02 Å². The molecule has 0 aromatic heterocycles. The van der Waals surface area contributed by atoms with E-state index in [9.17, 15) is 4.79 Å². The van der Waals surface area contributed by atoms with Crippen molar-refractivity contribution in [3.63, 3.8) is 0 Å². The van der Waals surface area contributed by atoms with Crippen LogP contribution in [0.15, 0.2) is 18.2 Å². The van der Waals surface area contributed by atoms with Gasteiger partial charge in [0.15, 0.2) is 0 Å². The molecular formula is C15H21ClN2O2. The smallest absolute Gasteiger partial charge is 0.337 e. The Hall–Kier alpha value is -1.26. The molecule has 1 aromatic rings. The molecule has 20 heavy (non-hydrogen) atoms. The molecular weight excluding hydrogens is 276 g/mol. The largest absolute Gasteiger partial charge is 0.478 e. The van der Waals surface area contributed by atoms with E-state index < -0.39 is 5.97 Å². The van der Waals surface area contributed by atoms with Crippen molar-refractivity contribution in [3.8, 4) is 0 Å². The number of hydrogen-bond donors (Lipinski definition) is 2. The van der Waals surface area contributed by atoms with Crippen molar-refractivity contribution in [2.75, 3.05) is 25.5 Å². The van der Waals surface area contributed by atoms with Gasteiger partial charge in [-0.2, -0.15) is 0 Å². The van der Waals surface area contributed by atoms with Crippen molar-refractivity contribution in [2.24, 2.45) is 5.92 Å². The molecule has 0 saturated carbocycles. The highest BCUT2D eigenvalue weighted by Crippen LogP contribution is 2.25. The zero-order chi connectivity index (χ0) is 14.7. The molecule has 1 unspecified atom stereocenters. The van der Waals surface area contributed by atoms with Crippen molar-refractivity contribution in [1.82, 2.24) is 4.90 Å². The molecule has 110 valence electrons. The lowest BCUT2D eigenvalue weighted by Gasteiger charge is -2.33. The van der Waals surface area contributed by atoms with Crippen LogP contribution in [0.5, 0.6) is 0 Å². The second kappa shape index (κ2) is 6.46. The van der Waals surface area contributed by atoms with Gasteiger partial charge < -0.3 is 15.3 Å². The van der Waals surface area contributed by atoms with Gasteiger partial charge in [0.25, 0.3) is 0 Å². The third kappa shape index (κ3) is 3.64. The number of nitrogens with one attached hydrogen (secondary N) is 1. The molecule has 1 heterocycles. The van der Waals surface area contributed by atoms with Crippen molar-refractivity contribution >= 4 is 23.3 Å². The average molecular weight is 297 g/mol. The van der Waals surface area contributed by atoms with Crippen molar-refractivity contribution < 1.29 is 9.90 Å². The van der Waals surface area contributed by atoms with Gasteiger partial charge in [0.1, 0.15) is 0 Å². The molecule has 2 rings (SSSR count). The Balaban J connectivity index is 2.02. The molecule has 0 aliphatic carbocycles. The van der Waals surface area contributed by atoms with Gasteiger partial charge in [0.2, 0.25) is 0 Å². The fourth-order valence-electron chi connectivity index (χ4n) is 2.69. The van der Waals surface area contributed by atoms with Crippen molar-refractivity contribution in [3.05, 3.63) is 28.8 Å². The molecule has 1 aromatic carbocycles. The molecule has 0 amide bonds. The van der Waals surface area contributed by atoms with E-state index in [1.165, 1.54) is 12.8 Å². The Morgan fingerprint density at radius 1 is 1.45 bits per heavy atom. The van der Waals surface area contributed by atoms with E-state index >= 15 is 0 Å². The first kappa shape index (κ1) is 15.1. The predicted octanol–water partition coefficient (Wildman–Crippen LogP) is 3.18. The monoisotopic (exact) mass is 296 g/mol. The fourth-order valence-corrected chi connectivity index (χ4v) is 2.89. The summed E-state index contributed by atoms with van der Waals surface area (Å²) in [6.45, 7) is 4.40. The van der Waals surface area contributed by atoms with Gasteiger partial charge in [-0.05, 0) is 64.0 Å². The number of likely N-dealkylation sites (tertiary alicyclic amines) is 1. The Labute approximate surface area is 124 Å². The van der Waals surface area contributed by atoms with E-state index in [0.717, 1.165) is 18.8 Å². The number of carboxylic acids is 1. The minimum atomic E-state index is -0.995. The summed E-state index contributed by atoms with van der Waals surface area (Å²) in [5.41, 5.74) is 0.963. The average Bonchev–Trinajstić information content (AvgIpc) is 2.41. The maximum atomic E-state index is 11.1. The van der Waals surface area contributed by atoms with Gasteiger partial charge in [0, 0.05) is 11.7 Å². The van der Waals surface area contributed by atoms with Crippen LogP contribution in [0.4, 0.5) is 5.69 Å². The molecule has 2 N–H and O–H groups in total. The molecule has 1 aliphatic rings. The summed E-state index contributed by atoms with van der Waals surface area (Å²) in [6, 6.07) is 5.40. The molecule has 5 heteroatoms. The zero-order valence-electron chi connectivity index (χ0n) is 11.9. The third-order valence-corrected chi connectivity index (χ3v) is 4.39. The number of hydrogen-bond acceptors (Lipinski definition) is 3. The second-order valence-electron chi connectivity index (χ2n) is 5.57. The number of halogens is 1. The fraction of sp³-hybridized carbons (Fsp3) is 0.533. The maximum absolute atomic E-state index is 11.1. The lowest BCUT2D eigenvalue weighted by atomic mass is 9.90. The van der Waals surface area contributed by atoms with Crippen LogP contribution < -0.4 is 5.32 Å². The van der Waals surface area contributed by atoms with Crippen LogP contribution in [0.1, 0.15) is 30.1 Å². The number of carboxylic acid groups (broad SMARTS) is 1. The first-order valence-corrected chi connectivity index (χ1v) is 7.33. The molecule has 1 atom stereocenters. The van der Waals surface area contributed by atoms with E-state index in [0.29, 0.717) is 12.0 Å². The van der Waals surface area contributed by atoms with E-state index in [4.69, 9.17) is 16.7 Å². The molecule has 0 bridgehead atoms. The highest BCUT2D eigenvalue weighted by atomic mass is 35.5. The normalized spacial score (nSPS) is 18.8. The van der Waals surface area contributed by atoms with E-state index in [-0.39, 0.29) is 10.6 Å². The SMILES string of the molecule is CC(Nc1ccc(Cl)c(C(=O)O)c1)C1CCN(C)CC1. The zero-order valence-corrected chi connectivity index (χ0v) is 12.7. The number of carbonyl (C=O) groups is 1. The summed E-state index contributed by atoms with van der Waals surface area (Å²) < 4.78 is 0. The number of nitrogens with zero attached hydrogens (tertiary/aromatic N) is 1. The standard InChI is InChI=1S/C15H21ClN2O2/c1-10(11-5-7-18(2)8-6-11)17-12-3-4-14(16)13(9-12)15(19)20/h3-4,9-11,17H,5-8H2,1-2H3,(H,19,20). The van der Waals surface area contributed by atoms with Crippen molar-refractivity contribution in [2.45, 2.75) is 25.8 Å². The molecule has 1 fully saturated rings. The summed E-state index contributed by atoms with van der Waals surface area (Å²) >= 11 is 5.88. The quantitative estimate of drug-likeness (QED) is 0.896. The number of benzene rings is 1. The minimum Gasteiger partial charge on any atom is -0.478 e. The molecule has 0 radical (unpaired) electrons. The maximum Gasteiger partial charge on any atom is 0.337 e. The van der Waals surface area contributed by atoms with Crippen molar-refractivity contribution in [1.29, 1.82) is 0 Å². The first-order valence-electron chi connectivity index (χ1n) is 6.95. The Morgan fingerprint density at radius 3 is 2.70 bits per heavy atom. The lowest BCUT2D eigenvalue weighted by Crippen LogP contribution is -2.37. The van der Waals surface area contributed by atoms with Gasteiger partial charge in [-0.1, -0.05) is 11.6 Å². The summed E-state index contributed by atoms with van der Waals surface area (Å²) in [7, 11) is 2.15. The highest BCUT2D eigenvalue weighted by Gasteiger charge is 2.22. The van der Waals surface area contributed by atoms with Crippen LogP contribution in [-0.2, 0) is 0 Å². The van der Waals surface area contributed by atoms with E-state index in [1.807, 2.05) is 6.07 Å². The summed E-state index contributed by atoms with van der Waals surface area (Å²) in [5, 5.41) is 12.8. The Kier molecular flexibility index (Phi) is 4.89. The van der Waals surface area contributed by atoms with Crippen LogP contribution in [-0.4, -0.2) is 42.2 Å². The van der Waals surface area contributed by atoms with E-state index in [1.54, 1.807) is 12.1 Å². The number of rotatable bonds is 4. The van der Waals surface area contributed by atoms with Gasteiger partial charge >= 0.3 is 5.97 Å². The molecule has 1 saturated heterocycles. The lowest BCUT2D eigenvalue weighted by molar-refractivity contribution is 0.0697. The highest BCUT2D eigenvalue weighted by molar-refractivity contribution is 6.33. The van der Waals surface area contributed by atoms with Crippen LogP contribution in [0, 0.1) is 5.92 Å². The topological polar surface area (TPSA) is 52.6 Å². The van der Waals surface area contributed by atoms with Gasteiger partial charge in [-0.25, -0.2) is 4.79 Å². The second-order valence-corrected chi connectivity index (χ2v) is 5.98. The number of anilines is 1. The van der Waals surface area contributed by atoms with Gasteiger partial charge in [-0.15, -0.1) is 0 Å². The Bertz CT molecular complexity index is 485. The Morgan fingerprint density at radius 2 is 2.10 bits per heavy atom. The first-order chi connectivity index (χ1) is 9.47. The van der Waals surface area contributed by atoms with E-state index in [2.05, 4.69) is 24.2 Å². The predicted molar refractivity (Wildman–Crippen MR) is 81.7 cm³/mol. The minimum absolute atomic E-state index is 0.146. The van der Waals surface area contributed by atoms with Crippen LogP contribution >= 0.6 is 11.6 Å². The summed E-state index contributed by atoms with van der Waals surface area (Å²) in [4.78, 5) is 13.4. The summed E-state index contributed by atoms with van der Waals surface area (Å²) in [5.74, 6) is -0.374. The molecule has 4 nitrogen and oxygen atoms in total.